The van der Waals surface area contributed by atoms with Crippen LogP contribution >= 0.6 is 0 Å². The van der Waals surface area contributed by atoms with Crippen LogP contribution in [0.1, 0.15) is 45.4 Å². The lowest BCUT2D eigenvalue weighted by atomic mass is 9.87. The number of pyridine rings is 1. The van der Waals surface area contributed by atoms with E-state index in [1.165, 1.54) is 13.2 Å². The molecule has 0 radical (unpaired) electrons. The molecule has 1 aliphatic heterocycles. The van der Waals surface area contributed by atoms with Crippen LogP contribution in [0.2, 0.25) is 0 Å². The number of fused-ring (bicyclic) bond motifs is 2. The van der Waals surface area contributed by atoms with E-state index in [0.717, 1.165) is 27.7 Å². The molecule has 8 nitrogen and oxygen atoms in total. The van der Waals surface area contributed by atoms with Gasteiger partial charge in [-0.2, -0.15) is 18.3 Å². The number of amides is 1. The Kier molecular flexibility index (Phi) is 6.75. The summed E-state index contributed by atoms with van der Waals surface area (Å²) in [5, 5.41) is 4.52. The van der Waals surface area contributed by atoms with E-state index in [-0.39, 0.29) is 11.5 Å². The summed E-state index contributed by atoms with van der Waals surface area (Å²) in [6, 6.07) is 9.37. The molecule has 0 bridgehead atoms. The number of carbonyl (C=O) groups is 1. The first-order valence-corrected chi connectivity index (χ1v) is 13.6. The standard InChI is InChI=1S/C31H29F3N6O2/c1-5-19-11-24-26(10-18(2)36-28(24)27(14-19)42-4)40-8-6-21-22(25-16-38(3)37-29(25)31(32,33)34)12-20(13-23(21)30(40)41)15-39-9-7-35-17-39/h7,9-14,16-17H,5-6,8,15H2,1-4H3. The molecule has 6 rings (SSSR count). The van der Waals surface area contributed by atoms with Crippen molar-refractivity contribution in [2.45, 2.75) is 39.4 Å². The topological polar surface area (TPSA) is 78.1 Å². The number of hydrogen-bond donors (Lipinski definition) is 0. The van der Waals surface area contributed by atoms with Gasteiger partial charge in [0.05, 0.1) is 19.1 Å². The van der Waals surface area contributed by atoms with Crippen LogP contribution in [0.25, 0.3) is 22.0 Å². The summed E-state index contributed by atoms with van der Waals surface area (Å²) >= 11 is 0. The fourth-order valence-electron chi connectivity index (χ4n) is 5.75. The second kappa shape index (κ2) is 10.3. The van der Waals surface area contributed by atoms with E-state index in [1.807, 2.05) is 36.6 Å². The number of anilines is 1. The molecule has 0 N–H and O–H groups in total. The maximum atomic E-state index is 14.3. The Morgan fingerprint density at radius 3 is 2.52 bits per heavy atom. The Bertz CT molecular complexity index is 1830. The Labute approximate surface area is 240 Å². The number of methoxy groups -OCH3 is 1. The number of alkyl halides is 3. The van der Waals surface area contributed by atoms with Gasteiger partial charge in [-0.15, -0.1) is 0 Å². The summed E-state index contributed by atoms with van der Waals surface area (Å²) in [4.78, 5) is 24.8. The zero-order valence-electron chi connectivity index (χ0n) is 23.7. The number of aromatic nitrogens is 5. The highest BCUT2D eigenvalue weighted by Crippen LogP contribution is 2.41. The summed E-state index contributed by atoms with van der Waals surface area (Å²) in [6.45, 7) is 4.53. The molecule has 5 aromatic rings. The smallest absolute Gasteiger partial charge is 0.435 e. The third kappa shape index (κ3) is 4.78. The van der Waals surface area contributed by atoms with Gasteiger partial charge in [0.15, 0.2) is 5.69 Å². The normalized spacial score (nSPS) is 13.6. The summed E-state index contributed by atoms with van der Waals surface area (Å²) < 4.78 is 50.8. The minimum Gasteiger partial charge on any atom is -0.494 e. The van der Waals surface area contributed by atoms with E-state index in [4.69, 9.17) is 9.72 Å². The van der Waals surface area contributed by atoms with Crippen molar-refractivity contribution in [2.75, 3.05) is 18.6 Å². The number of ether oxygens (including phenoxy) is 1. The molecule has 0 fully saturated rings. The van der Waals surface area contributed by atoms with E-state index < -0.39 is 11.9 Å². The van der Waals surface area contributed by atoms with Gasteiger partial charge < -0.3 is 14.2 Å². The number of imidazole rings is 1. The van der Waals surface area contributed by atoms with Crippen molar-refractivity contribution in [1.29, 1.82) is 0 Å². The molecule has 3 aromatic heterocycles. The van der Waals surface area contributed by atoms with Gasteiger partial charge in [0.25, 0.3) is 5.91 Å². The molecule has 1 amide bonds. The fraction of sp³-hybridized carbons (Fsp3) is 0.290. The third-order valence-electron chi connectivity index (χ3n) is 7.65. The van der Waals surface area contributed by atoms with Gasteiger partial charge in [-0.25, -0.2) is 9.97 Å². The van der Waals surface area contributed by atoms with Crippen LogP contribution in [0, 0.1) is 6.92 Å². The summed E-state index contributed by atoms with van der Waals surface area (Å²) in [5.74, 6) is 0.343. The van der Waals surface area contributed by atoms with Crippen molar-refractivity contribution in [3.05, 3.63) is 88.9 Å². The lowest BCUT2D eigenvalue weighted by Crippen LogP contribution is -2.38. The molecule has 0 atom stereocenters. The summed E-state index contributed by atoms with van der Waals surface area (Å²) in [5.41, 5.74) is 4.08. The second-order valence-corrected chi connectivity index (χ2v) is 10.5. The maximum absolute atomic E-state index is 14.3. The molecule has 0 saturated carbocycles. The molecular formula is C31H29F3N6O2. The zero-order valence-corrected chi connectivity index (χ0v) is 23.7. The van der Waals surface area contributed by atoms with Gasteiger partial charge >= 0.3 is 6.18 Å². The van der Waals surface area contributed by atoms with E-state index >= 15 is 0 Å². The lowest BCUT2D eigenvalue weighted by molar-refractivity contribution is -0.140. The minimum atomic E-state index is -4.65. The quantitative estimate of drug-likeness (QED) is 0.249. The average molecular weight is 575 g/mol. The number of halogens is 3. The van der Waals surface area contributed by atoms with Gasteiger partial charge in [-0.1, -0.05) is 6.92 Å². The Hall–Kier alpha value is -4.67. The van der Waals surface area contributed by atoms with Gasteiger partial charge in [0.2, 0.25) is 0 Å². The summed E-state index contributed by atoms with van der Waals surface area (Å²) in [6.07, 6.45) is 2.87. The molecule has 0 unspecified atom stereocenters. The predicted molar refractivity (Wildman–Crippen MR) is 153 cm³/mol. The largest absolute Gasteiger partial charge is 0.494 e. The number of aryl methyl sites for hydroxylation is 3. The SMILES string of the molecule is CCc1cc(OC)c2nc(C)cc(N3CCc4c(cc(Cn5ccnc5)cc4-c4cn(C)nc4C(F)(F)F)C3=O)c2c1. The molecular weight excluding hydrogens is 545 g/mol. The van der Waals surface area contributed by atoms with Crippen molar-refractivity contribution < 1.29 is 22.7 Å². The van der Waals surface area contributed by atoms with Crippen LogP contribution < -0.4 is 9.64 Å². The molecule has 0 spiro atoms. The zero-order chi connectivity index (χ0) is 29.8. The highest BCUT2D eigenvalue weighted by Gasteiger charge is 2.39. The molecule has 11 heteroatoms. The molecule has 2 aromatic carbocycles. The van der Waals surface area contributed by atoms with Crippen molar-refractivity contribution in [3.8, 4) is 16.9 Å². The predicted octanol–water partition coefficient (Wildman–Crippen LogP) is 5.98. The van der Waals surface area contributed by atoms with Gasteiger partial charge in [0.1, 0.15) is 11.3 Å². The van der Waals surface area contributed by atoms with E-state index in [1.54, 1.807) is 42.9 Å². The number of benzene rings is 2. The lowest BCUT2D eigenvalue weighted by Gasteiger charge is -2.32. The van der Waals surface area contributed by atoms with Crippen molar-refractivity contribution in [1.82, 2.24) is 24.3 Å². The summed E-state index contributed by atoms with van der Waals surface area (Å²) in [7, 11) is 3.06. The van der Waals surface area contributed by atoms with E-state index in [9.17, 15) is 18.0 Å². The molecule has 1 aliphatic rings. The van der Waals surface area contributed by atoms with Gasteiger partial charge in [-0.3, -0.25) is 9.48 Å². The average Bonchev–Trinajstić information content (AvgIpc) is 3.61. The highest BCUT2D eigenvalue weighted by molar-refractivity contribution is 6.13. The van der Waals surface area contributed by atoms with Crippen LogP contribution in [-0.4, -0.2) is 43.9 Å². The van der Waals surface area contributed by atoms with Crippen LogP contribution in [0.3, 0.4) is 0 Å². The van der Waals surface area contributed by atoms with E-state index in [2.05, 4.69) is 10.1 Å². The van der Waals surface area contributed by atoms with E-state index in [0.29, 0.717) is 58.7 Å². The first-order valence-electron chi connectivity index (χ1n) is 13.6. The van der Waals surface area contributed by atoms with Crippen molar-refractivity contribution in [3.63, 3.8) is 0 Å². The minimum absolute atomic E-state index is 0.0440. The number of rotatable bonds is 6. The molecule has 4 heterocycles. The molecule has 0 aliphatic carbocycles. The number of carbonyl (C=O) groups excluding carboxylic acids is 1. The first kappa shape index (κ1) is 27.5. The van der Waals surface area contributed by atoms with Crippen molar-refractivity contribution in [2.24, 2.45) is 7.05 Å². The van der Waals surface area contributed by atoms with Crippen LogP contribution in [0.4, 0.5) is 18.9 Å². The van der Waals surface area contributed by atoms with Crippen LogP contribution in [-0.2, 0) is 32.6 Å². The number of hydrogen-bond acceptors (Lipinski definition) is 5. The maximum Gasteiger partial charge on any atom is 0.435 e. The number of nitrogens with zero attached hydrogens (tertiary/aromatic N) is 6. The van der Waals surface area contributed by atoms with Crippen molar-refractivity contribution >= 4 is 22.5 Å². The van der Waals surface area contributed by atoms with Gasteiger partial charge in [0, 0.05) is 60.9 Å². The molecule has 216 valence electrons. The Balaban J connectivity index is 1.54. The van der Waals surface area contributed by atoms with Crippen LogP contribution in [0.5, 0.6) is 5.75 Å². The first-order chi connectivity index (χ1) is 20.1. The Morgan fingerprint density at radius 1 is 1.05 bits per heavy atom. The second-order valence-electron chi connectivity index (χ2n) is 10.5. The Morgan fingerprint density at radius 2 is 1.83 bits per heavy atom. The monoisotopic (exact) mass is 574 g/mol. The third-order valence-corrected chi connectivity index (χ3v) is 7.65. The molecule has 0 saturated heterocycles. The molecule has 42 heavy (non-hydrogen) atoms. The fourth-order valence-corrected chi connectivity index (χ4v) is 5.75. The highest BCUT2D eigenvalue weighted by atomic mass is 19.4. The van der Waals surface area contributed by atoms with Gasteiger partial charge in [-0.05, 0) is 72.4 Å². The van der Waals surface area contributed by atoms with Crippen LogP contribution in [0.15, 0.2) is 55.2 Å².